The second-order valence-electron chi connectivity index (χ2n) is 14.8. The van der Waals surface area contributed by atoms with Crippen molar-refractivity contribution < 1.29 is 28.6 Å². The summed E-state index contributed by atoms with van der Waals surface area (Å²) >= 11 is 0. The zero-order valence-corrected chi connectivity index (χ0v) is 31.1. The van der Waals surface area contributed by atoms with E-state index in [1.165, 1.54) is 0 Å². The van der Waals surface area contributed by atoms with Crippen molar-refractivity contribution in [1.29, 1.82) is 0 Å². The fourth-order valence-corrected chi connectivity index (χ4v) is 6.27. The van der Waals surface area contributed by atoms with Crippen LogP contribution in [0.25, 0.3) is 0 Å². The summed E-state index contributed by atoms with van der Waals surface area (Å²) < 4.78 is 16.6. The summed E-state index contributed by atoms with van der Waals surface area (Å²) in [6.07, 6.45) is 23.4. The summed E-state index contributed by atoms with van der Waals surface area (Å²) in [5.41, 5.74) is -0.0506. The first-order valence-electron chi connectivity index (χ1n) is 18.3. The van der Waals surface area contributed by atoms with Crippen LogP contribution in [-0.4, -0.2) is 62.8 Å². The SMILES string of the molecule is CCC/C=C\COC(=O)CCCCCCC(CCCCCCC(=O)OC/C=C\CCC)OC(=O)CC(C)(C)CC(C)(C)CN(C)C. The number of carbonyl (C=O) groups is 3. The number of hydrogen-bond donors (Lipinski definition) is 0. The second kappa shape index (κ2) is 26.9. The summed E-state index contributed by atoms with van der Waals surface area (Å²) in [6, 6.07) is 0. The number of nitrogens with zero attached hydrogens (tertiary/aromatic N) is 1. The standard InChI is InChI=1S/C39H71NO6/c1-9-11-13-23-29-44-35(41)27-21-17-15-19-25-34(26-20-16-18-22-28-36(42)45-30-24-14-12-10-2)46-37(43)31-38(3,4)32-39(5,6)33-40(7)8/h13-14,23-24,34H,9-12,15-22,25-33H2,1-8H3/b23-13-,24-14-. The lowest BCUT2D eigenvalue weighted by atomic mass is 9.73. The normalized spacial score (nSPS) is 12.5. The molecule has 7 nitrogen and oxygen atoms in total. The molecule has 0 aliphatic rings. The summed E-state index contributed by atoms with van der Waals surface area (Å²) in [7, 11) is 4.18. The van der Waals surface area contributed by atoms with Crippen LogP contribution >= 0.6 is 0 Å². The van der Waals surface area contributed by atoms with Gasteiger partial charge in [0.15, 0.2) is 0 Å². The number of carbonyl (C=O) groups excluding carboxylic acids is 3. The van der Waals surface area contributed by atoms with Crippen molar-refractivity contribution >= 4 is 17.9 Å². The molecule has 0 amide bonds. The number of unbranched alkanes of at least 4 members (excludes halogenated alkanes) is 8. The minimum absolute atomic E-state index is 0.0992. The van der Waals surface area contributed by atoms with Crippen molar-refractivity contribution in [2.24, 2.45) is 10.8 Å². The molecule has 46 heavy (non-hydrogen) atoms. The molecule has 0 aliphatic carbocycles. The fourth-order valence-electron chi connectivity index (χ4n) is 6.27. The Labute approximate surface area is 283 Å². The monoisotopic (exact) mass is 650 g/mol. The topological polar surface area (TPSA) is 82.1 Å². The van der Waals surface area contributed by atoms with Crippen LogP contribution in [0.4, 0.5) is 0 Å². The van der Waals surface area contributed by atoms with Crippen LogP contribution < -0.4 is 0 Å². The maximum atomic E-state index is 13.1. The van der Waals surface area contributed by atoms with E-state index >= 15 is 0 Å². The van der Waals surface area contributed by atoms with Crippen LogP contribution in [0.3, 0.4) is 0 Å². The van der Waals surface area contributed by atoms with Crippen molar-refractivity contribution in [2.75, 3.05) is 33.9 Å². The molecular weight excluding hydrogens is 578 g/mol. The molecule has 0 bridgehead atoms. The highest BCUT2D eigenvalue weighted by molar-refractivity contribution is 5.70. The highest BCUT2D eigenvalue weighted by atomic mass is 16.5. The Morgan fingerprint density at radius 1 is 0.630 bits per heavy atom. The van der Waals surface area contributed by atoms with Crippen LogP contribution in [0.5, 0.6) is 0 Å². The van der Waals surface area contributed by atoms with Gasteiger partial charge in [-0.25, -0.2) is 0 Å². The van der Waals surface area contributed by atoms with Crippen LogP contribution in [-0.2, 0) is 28.6 Å². The van der Waals surface area contributed by atoms with E-state index in [0.717, 1.165) is 103 Å². The molecule has 0 aliphatic heterocycles. The van der Waals surface area contributed by atoms with E-state index in [-0.39, 0.29) is 34.8 Å². The molecule has 0 rings (SSSR count). The van der Waals surface area contributed by atoms with Crippen LogP contribution in [0.15, 0.2) is 24.3 Å². The predicted octanol–water partition coefficient (Wildman–Crippen LogP) is 9.77. The Morgan fingerprint density at radius 2 is 1.09 bits per heavy atom. The van der Waals surface area contributed by atoms with Crippen LogP contribution in [0, 0.1) is 10.8 Å². The Morgan fingerprint density at radius 3 is 1.52 bits per heavy atom. The van der Waals surface area contributed by atoms with Crippen molar-refractivity contribution in [3.63, 3.8) is 0 Å². The number of allylic oxidation sites excluding steroid dienone is 2. The molecular formula is C39H71NO6. The fraction of sp³-hybridized carbons (Fsp3) is 0.821. The first-order chi connectivity index (χ1) is 21.8. The molecule has 268 valence electrons. The van der Waals surface area contributed by atoms with Gasteiger partial charge in [-0.2, -0.15) is 0 Å². The van der Waals surface area contributed by atoms with E-state index in [1.807, 2.05) is 12.2 Å². The third-order valence-corrected chi connectivity index (χ3v) is 7.86. The Bertz CT molecular complexity index is 817. The zero-order chi connectivity index (χ0) is 34.7. The summed E-state index contributed by atoms with van der Waals surface area (Å²) in [4.78, 5) is 39.3. The predicted molar refractivity (Wildman–Crippen MR) is 191 cm³/mol. The third-order valence-electron chi connectivity index (χ3n) is 7.86. The van der Waals surface area contributed by atoms with Crippen LogP contribution in [0.1, 0.15) is 157 Å². The highest BCUT2D eigenvalue weighted by Crippen LogP contribution is 2.37. The molecule has 0 radical (unpaired) electrons. The van der Waals surface area contributed by atoms with E-state index < -0.39 is 0 Å². The van der Waals surface area contributed by atoms with Gasteiger partial charge in [0, 0.05) is 19.4 Å². The number of rotatable bonds is 29. The first kappa shape index (κ1) is 43.9. The number of ether oxygens (including phenoxy) is 3. The van der Waals surface area contributed by atoms with E-state index in [0.29, 0.717) is 32.5 Å². The van der Waals surface area contributed by atoms with Crippen molar-refractivity contribution in [1.82, 2.24) is 4.90 Å². The van der Waals surface area contributed by atoms with Gasteiger partial charge < -0.3 is 19.1 Å². The van der Waals surface area contributed by atoms with Gasteiger partial charge in [-0.05, 0) is 82.7 Å². The molecule has 0 N–H and O–H groups in total. The second-order valence-corrected chi connectivity index (χ2v) is 14.8. The molecule has 7 heteroatoms. The van der Waals surface area contributed by atoms with Gasteiger partial charge in [0.1, 0.15) is 19.3 Å². The smallest absolute Gasteiger partial charge is 0.306 e. The molecule has 0 saturated heterocycles. The summed E-state index contributed by atoms with van der Waals surface area (Å²) in [5, 5.41) is 0. The lowest BCUT2D eigenvalue weighted by Gasteiger charge is -2.36. The maximum Gasteiger partial charge on any atom is 0.306 e. The van der Waals surface area contributed by atoms with Crippen molar-refractivity contribution in [2.45, 2.75) is 163 Å². The third kappa shape index (κ3) is 28.1. The van der Waals surface area contributed by atoms with Gasteiger partial charge >= 0.3 is 17.9 Å². The minimum atomic E-state index is -0.151. The zero-order valence-electron chi connectivity index (χ0n) is 31.1. The lowest BCUT2D eigenvalue weighted by molar-refractivity contribution is -0.153. The highest BCUT2D eigenvalue weighted by Gasteiger charge is 2.32. The number of esters is 3. The van der Waals surface area contributed by atoms with E-state index in [9.17, 15) is 14.4 Å². The van der Waals surface area contributed by atoms with Gasteiger partial charge in [0.25, 0.3) is 0 Å². The van der Waals surface area contributed by atoms with E-state index in [2.05, 4.69) is 72.7 Å². The van der Waals surface area contributed by atoms with Gasteiger partial charge in [0.05, 0.1) is 6.42 Å². The molecule has 0 aromatic carbocycles. The first-order valence-corrected chi connectivity index (χ1v) is 18.3. The average molecular weight is 650 g/mol. The Kier molecular flexibility index (Phi) is 25.6. The van der Waals surface area contributed by atoms with Crippen molar-refractivity contribution in [3.05, 3.63) is 24.3 Å². The Hall–Kier alpha value is -2.15. The molecule has 0 spiro atoms. The van der Waals surface area contributed by atoms with Crippen LogP contribution in [0.2, 0.25) is 0 Å². The summed E-state index contributed by atoms with van der Waals surface area (Å²) in [6.45, 7) is 14.8. The minimum Gasteiger partial charge on any atom is -0.462 e. The number of hydrogen-bond acceptors (Lipinski definition) is 7. The maximum absolute atomic E-state index is 13.1. The van der Waals surface area contributed by atoms with E-state index in [4.69, 9.17) is 14.2 Å². The molecule has 0 unspecified atom stereocenters. The molecule has 0 aromatic heterocycles. The Balaban J connectivity index is 4.69. The molecule has 0 fully saturated rings. The van der Waals surface area contributed by atoms with Gasteiger partial charge in [-0.3, -0.25) is 14.4 Å². The average Bonchev–Trinajstić information content (AvgIpc) is 2.94. The molecule has 0 atom stereocenters. The van der Waals surface area contributed by atoms with Gasteiger partial charge in [0.2, 0.25) is 0 Å². The molecule has 0 aromatic rings. The largest absolute Gasteiger partial charge is 0.462 e. The van der Waals surface area contributed by atoms with Gasteiger partial charge in [-0.15, -0.1) is 0 Å². The van der Waals surface area contributed by atoms with Gasteiger partial charge in [-0.1, -0.05) is 104 Å². The van der Waals surface area contributed by atoms with Crippen molar-refractivity contribution in [3.8, 4) is 0 Å². The lowest BCUT2D eigenvalue weighted by Crippen LogP contribution is -2.34. The van der Waals surface area contributed by atoms with E-state index in [1.54, 1.807) is 0 Å². The molecule has 0 heterocycles. The quantitative estimate of drug-likeness (QED) is 0.0345. The summed E-state index contributed by atoms with van der Waals surface area (Å²) in [5.74, 6) is -0.384. The molecule has 0 saturated carbocycles.